The standard InChI is InChI=1S/C22H23FN4O2/c1-4-5-8-24-9-10-25-22(29)20-13(2)19(26-14(20)3)12-17-16-11-15(23)6-7-18(16)27-21(17)28/h1,6-7,11-12,24,26H,5,8-10H2,2-3H3,(H,25,29)(H,27,28)/b17-12-. The lowest BCUT2D eigenvalue weighted by molar-refractivity contribution is -0.110. The molecule has 0 aliphatic carbocycles. The molecule has 1 aliphatic heterocycles. The number of terminal acetylenes is 1. The Morgan fingerprint density at radius 2 is 2.07 bits per heavy atom. The third kappa shape index (κ3) is 4.39. The summed E-state index contributed by atoms with van der Waals surface area (Å²) in [7, 11) is 0. The Morgan fingerprint density at radius 1 is 1.28 bits per heavy atom. The predicted molar refractivity (Wildman–Crippen MR) is 112 cm³/mol. The van der Waals surface area contributed by atoms with Gasteiger partial charge in [0.25, 0.3) is 11.8 Å². The molecule has 0 saturated heterocycles. The third-order valence-corrected chi connectivity index (χ3v) is 4.79. The van der Waals surface area contributed by atoms with Crippen LogP contribution < -0.4 is 16.0 Å². The molecule has 4 N–H and O–H groups in total. The van der Waals surface area contributed by atoms with Crippen molar-refractivity contribution in [3.63, 3.8) is 0 Å². The van der Waals surface area contributed by atoms with E-state index in [0.29, 0.717) is 59.8 Å². The monoisotopic (exact) mass is 394 g/mol. The van der Waals surface area contributed by atoms with Gasteiger partial charge in [0.2, 0.25) is 0 Å². The number of aryl methyl sites for hydroxylation is 1. The van der Waals surface area contributed by atoms with Crippen LogP contribution >= 0.6 is 0 Å². The summed E-state index contributed by atoms with van der Waals surface area (Å²) in [5.41, 5.74) is 4.04. The van der Waals surface area contributed by atoms with Gasteiger partial charge in [-0.2, -0.15) is 0 Å². The molecule has 0 atom stereocenters. The SMILES string of the molecule is C#CCCNCCNC(=O)c1c(C)[nH]c(/C=C2\C(=O)Nc3ccc(F)cc32)c1C. The van der Waals surface area contributed by atoms with Gasteiger partial charge in [0.15, 0.2) is 0 Å². The van der Waals surface area contributed by atoms with Crippen molar-refractivity contribution in [2.24, 2.45) is 0 Å². The molecule has 1 aliphatic rings. The number of hydrogen-bond acceptors (Lipinski definition) is 3. The lowest BCUT2D eigenvalue weighted by Gasteiger charge is -2.07. The van der Waals surface area contributed by atoms with E-state index >= 15 is 0 Å². The van der Waals surface area contributed by atoms with Crippen molar-refractivity contribution >= 4 is 29.2 Å². The van der Waals surface area contributed by atoms with Crippen molar-refractivity contribution < 1.29 is 14.0 Å². The smallest absolute Gasteiger partial charge is 0.256 e. The molecule has 2 heterocycles. The molecule has 29 heavy (non-hydrogen) atoms. The van der Waals surface area contributed by atoms with Crippen molar-refractivity contribution in [2.75, 3.05) is 25.0 Å². The van der Waals surface area contributed by atoms with Crippen LogP contribution in [0.4, 0.5) is 10.1 Å². The van der Waals surface area contributed by atoms with E-state index in [9.17, 15) is 14.0 Å². The van der Waals surface area contributed by atoms with Crippen LogP contribution in [-0.2, 0) is 4.79 Å². The van der Waals surface area contributed by atoms with E-state index in [2.05, 4.69) is 26.9 Å². The Balaban J connectivity index is 1.78. The molecule has 6 nitrogen and oxygen atoms in total. The first-order valence-electron chi connectivity index (χ1n) is 9.37. The van der Waals surface area contributed by atoms with Crippen LogP contribution in [0.15, 0.2) is 18.2 Å². The average molecular weight is 394 g/mol. The molecule has 0 spiro atoms. The summed E-state index contributed by atoms with van der Waals surface area (Å²) in [4.78, 5) is 28.1. The van der Waals surface area contributed by atoms with Crippen molar-refractivity contribution in [3.8, 4) is 12.3 Å². The highest BCUT2D eigenvalue weighted by atomic mass is 19.1. The highest BCUT2D eigenvalue weighted by Crippen LogP contribution is 2.34. The number of H-pyrrole nitrogens is 1. The molecule has 150 valence electrons. The largest absolute Gasteiger partial charge is 0.358 e. The van der Waals surface area contributed by atoms with E-state index in [-0.39, 0.29) is 11.8 Å². The van der Waals surface area contributed by atoms with Crippen molar-refractivity contribution in [1.82, 2.24) is 15.6 Å². The molecular weight excluding hydrogens is 371 g/mol. The molecular formula is C22H23FN4O2. The number of fused-ring (bicyclic) bond motifs is 1. The van der Waals surface area contributed by atoms with Crippen LogP contribution in [0.1, 0.15) is 39.3 Å². The van der Waals surface area contributed by atoms with Gasteiger partial charge < -0.3 is 20.9 Å². The second kappa shape index (κ2) is 8.76. The second-order valence-corrected chi connectivity index (χ2v) is 6.83. The Kier molecular flexibility index (Phi) is 6.15. The summed E-state index contributed by atoms with van der Waals surface area (Å²) >= 11 is 0. The number of nitrogens with one attached hydrogen (secondary N) is 4. The topological polar surface area (TPSA) is 86.0 Å². The minimum Gasteiger partial charge on any atom is -0.358 e. The zero-order valence-corrected chi connectivity index (χ0v) is 16.4. The Bertz CT molecular complexity index is 1030. The van der Waals surface area contributed by atoms with Crippen LogP contribution in [0.3, 0.4) is 0 Å². The number of anilines is 1. The quantitative estimate of drug-likeness (QED) is 0.331. The summed E-state index contributed by atoms with van der Waals surface area (Å²) in [6.45, 7) is 5.41. The Morgan fingerprint density at radius 3 is 2.83 bits per heavy atom. The number of carbonyl (C=O) groups is 2. The van der Waals surface area contributed by atoms with E-state index in [0.717, 1.165) is 5.56 Å². The van der Waals surface area contributed by atoms with Gasteiger partial charge >= 0.3 is 0 Å². The van der Waals surface area contributed by atoms with E-state index in [1.807, 2.05) is 6.92 Å². The number of aromatic nitrogens is 1. The zero-order valence-electron chi connectivity index (χ0n) is 16.4. The number of hydrogen-bond donors (Lipinski definition) is 4. The van der Waals surface area contributed by atoms with Gasteiger partial charge in [-0.3, -0.25) is 9.59 Å². The third-order valence-electron chi connectivity index (χ3n) is 4.79. The fourth-order valence-electron chi connectivity index (χ4n) is 3.35. The van der Waals surface area contributed by atoms with E-state index in [4.69, 9.17) is 6.42 Å². The number of halogens is 1. The van der Waals surface area contributed by atoms with Crippen LogP contribution in [0, 0.1) is 32.0 Å². The van der Waals surface area contributed by atoms with Crippen molar-refractivity contribution in [1.29, 1.82) is 0 Å². The molecule has 0 unspecified atom stereocenters. The number of rotatable bonds is 7. The summed E-state index contributed by atoms with van der Waals surface area (Å²) in [5, 5.41) is 8.74. The summed E-state index contributed by atoms with van der Waals surface area (Å²) in [6.07, 6.45) is 7.49. The maximum atomic E-state index is 13.6. The molecule has 0 fully saturated rings. The van der Waals surface area contributed by atoms with Crippen molar-refractivity contribution in [3.05, 3.63) is 52.1 Å². The van der Waals surface area contributed by atoms with Crippen LogP contribution in [0.2, 0.25) is 0 Å². The highest BCUT2D eigenvalue weighted by molar-refractivity contribution is 6.34. The average Bonchev–Trinajstić information content (AvgIpc) is 3.14. The number of aromatic amines is 1. The molecule has 0 saturated carbocycles. The van der Waals surface area contributed by atoms with Crippen molar-refractivity contribution in [2.45, 2.75) is 20.3 Å². The predicted octanol–water partition coefficient (Wildman–Crippen LogP) is 2.61. The van der Waals surface area contributed by atoms with Crippen LogP contribution in [-0.4, -0.2) is 36.4 Å². The molecule has 3 rings (SSSR count). The van der Waals surface area contributed by atoms with Gasteiger partial charge in [0.05, 0.1) is 11.1 Å². The molecule has 1 aromatic heterocycles. The van der Waals surface area contributed by atoms with E-state index in [1.165, 1.54) is 18.2 Å². The van der Waals surface area contributed by atoms with Gasteiger partial charge in [0.1, 0.15) is 5.82 Å². The molecule has 0 bridgehead atoms. The first-order valence-corrected chi connectivity index (χ1v) is 9.37. The highest BCUT2D eigenvalue weighted by Gasteiger charge is 2.26. The maximum absolute atomic E-state index is 13.6. The minimum absolute atomic E-state index is 0.193. The Labute approximate surface area is 169 Å². The van der Waals surface area contributed by atoms with E-state index in [1.54, 1.807) is 13.0 Å². The lowest BCUT2D eigenvalue weighted by Crippen LogP contribution is -2.32. The first kappa shape index (κ1) is 20.4. The fraction of sp³-hybridized carbons (Fsp3) is 0.273. The maximum Gasteiger partial charge on any atom is 0.256 e. The second-order valence-electron chi connectivity index (χ2n) is 6.83. The fourth-order valence-corrected chi connectivity index (χ4v) is 3.35. The number of benzene rings is 1. The summed E-state index contributed by atoms with van der Waals surface area (Å²) < 4.78 is 13.6. The van der Waals surface area contributed by atoms with Gasteiger partial charge in [-0.1, -0.05) is 0 Å². The molecule has 7 heteroatoms. The summed E-state index contributed by atoms with van der Waals surface area (Å²) in [6, 6.07) is 4.16. The normalized spacial score (nSPS) is 13.9. The molecule has 2 aromatic rings. The summed E-state index contributed by atoms with van der Waals surface area (Å²) in [5.74, 6) is 1.63. The van der Waals surface area contributed by atoms with Crippen LogP contribution in [0.5, 0.6) is 0 Å². The molecule has 1 aromatic carbocycles. The lowest BCUT2D eigenvalue weighted by atomic mass is 10.0. The van der Waals surface area contributed by atoms with Gasteiger partial charge in [-0.05, 0) is 43.7 Å². The van der Waals surface area contributed by atoms with Gasteiger partial charge in [-0.25, -0.2) is 4.39 Å². The minimum atomic E-state index is -0.415. The Hall–Kier alpha value is -3.37. The first-order chi connectivity index (χ1) is 13.9. The molecule has 2 amide bonds. The zero-order chi connectivity index (χ0) is 21.0. The van der Waals surface area contributed by atoms with Gasteiger partial charge in [-0.15, -0.1) is 12.3 Å². The number of amides is 2. The van der Waals surface area contributed by atoms with Crippen LogP contribution in [0.25, 0.3) is 11.6 Å². The van der Waals surface area contributed by atoms with Gasteiger partial charge in [0, 0.05) is 48.7 Å². The van der Waals surface area contributed by atoms with E-state index < -0.39 is 5.82 Å². The molecule has 0 radical (unpaired) electrons. The number of carbonyl (C=O) groups excluding carboxylic acids is 2.